The van der Waals surface area contributed by atoms with E-state index in [1.165, 1.54) is 23.1 Å². The van der Waals surface area contributed by atoms with Crippen molar-refractivity contribution in [1.29, 1.82) is 0 Å². The Labute approximate surface area is 70.0 Å². The summed E-state index contributed by atoms with van der Waals surface area (Å²) in [6, 6.07) is 0. The minimum absolute atomic E-state index is 1.20. The van der Waals surface area contributed by atoms with Gasteiger partial charge in [0, 0.05) is 0 Å². The fourth-order valence-corrected chi connectivity index (χ4v) is 1.10. The quantitative estimate of drug-likeness (QED) is 0.462. The van der Waals surface area contributed by atoms with E-state index in [-0.39, 0.29) is 0 Å². The summed E-state index contributed by atoms with van der Waals surface area (Å²) in [5.74, 6) is 2.25. The highest BCUT2D eigenvalue weighted by molar-refractivity contribution is 5.35. The summed E-state index contributed by atoms with van der Waals surface area (Å²) < 4.78 is 0. The van der Waals surface area contributed by atoms with Gasteiger partial charge in [-0.25, -0.2) is 0 Å². The molecule has 0 aromatic rings. The Bertz CT molecular complexity index is 221. The smallest absolute Gasteiger partial charge is 0.00297 e. The van der Waals surface area contributed by atoms with Crippen molar-refractivity contribution in [3.63, 3.8) is 0 Å². The highest BCUT2D eigenvalue weighted by Gasteiger charge is 2.02. The van der Waals surface area contributed by atoms with Gasteiger partial charge in [-0.1, -0.05) is 22.8 Å². The molecule has 1 rings (SSSR count). The van der Waals surface area contributed by atoms with Crippen molar-refractivity contribution in [1.82, 2.24) is 0 Å². The number of hydrogen-bond donors (Lipinski definition) is 0. The van der Waals surface area contributed by atoms with E-state index in [4.69, 9.17) is 0 Å². The Hall–Kier alpha value is -0.960. The van der Waals surface area contributed by atoms with Crippen molar-refractivity contribution in [2.75, 3.05) is 0 Å². The van der Waals surface area contributed by atoms with E-state index in [9.17, 15) is 0 Å². The maximum Gasteiger partial charge on any atom is -0.00297 e. The predicted molar refractivity (Wildman–Crippen MR) is 51.3 cm³/mol. The summed E-state index contributed by atoms with van der Waals surface area (Å²) >= 11 is 0. The minimum Gasteiger partial charge on any atom is -0.120 e. The van der Waals surface area contributed by atoms with Gasteiger partial charge < -0.3 is 0 Å². The van der Waals surface area contributed by atoms with Crippen LogP contribution in [0.5, 0.6) is 0 Å². The zero-order chi connectivity index (χ0) is 8.85. The topological polar surface area (TPSA) is 0 Å². The lowest BCUT2D eigenvalue weighted by atomic mass is 10.2. The third-order valence-electron chi connectivity index (χ3n) is 1.68. The van der Waals surface area contributed by atoms with Crippen LogP contribution in [-0.4, -0.2) is 0 Å². The Balaban J connectivity index is 0.000000292. The maximum atomic E-state index is 4.60. The molecule has 0 amide bonds. The van der Waals surface area contributed by atoms with Gasteiger partial charge >= 0.3 is 0 Å². The molecule has 0 heterocycles. The van der Waals surface area contributed by atoms with E-state index in [2.05, 4.69) is 39.2 Å². The molecule has 1 aliphatic rings. The molecule has 1 aliphatic carbocycles. The van der Waals surface area contributed by atoms with Crippen LogP contribution in [-0.2, 0) is 0 Å². The van der Waals surface area contributed by atoms with E-state index >= 15 is 0 Å². The molecule has 0 nitrogen and oxygen atoms in total. The van der Waals surface area contributed by atoms with Gasteiger partial charge in [0.25, 0.3) is 0 Å². The van der Waals surface area contributed by atoms with E-state index in [0.29, 0.717) is 0 Å². The number of terminal acetylenes is 1. The summed E-state index contributed by atoms with van der Waals surface area (Å²) in [5.41, 5.74) is 4.49. The number of hydrogen-bond acceptors (Lipinski definition) is 0. The van der Waals surface area contributed by atoms with Crippen LogP contribution in [0, 0.1) is 12.3 Å². The Morgan fingerprint density at radius 1 is 1.36 bits per heavy atom. The van der Waals surface area contributed by atoms with Gasteiger partial charge in [-0.2, -0.15) is 0 Å². The molecular formula is C11H16. The van der Waals surface area contributed by atoms with Crippen LogP contribution in [0.4, 0.5) is 0 Å². The van der Waals surface area contributed by atoms with E-state index in [1.54, 1.807) is 6.92 Å². The lowest BCUT2D eigenvalue weighted by Crippen LogP contribution is -1.70. The van der Waals surface area contributed by atoms with Crippen molar-refractivity contribution < 1.29 is 0 Å². The molecule has 0 spiro atoms. The third-order valence-corrected chi connectivity index (χ3v) is 1.68. The second-order valence-corrected chi connectivity index (χ2v) is 2.92. The molecule has 0 radical (unpaired) electrons. The van der Waals surface area contributed by atoms with Gasteiger partial charge in [-0.05, 0) is 34.1 Å². The zero-order valence-electron chi connectivity index (χ0n) is 7.86. The average Bonchev–Trinajstić information content (AvgIpc) is 2.12. The van der Waals surface area contributed by atoms with Gasteiger partial charge in [0.2, 0.25) is 0 Å². The van der Waals surface area contributed by atoms with Crippen LogP contribution < -0.4 is 0 Å². The van der Waals surface area contributed by atoms with Crippen molar-refractivity contribution >= 4 is 0 Å². The molecule has 0 saturated heterocycles. The highest BCUT2D eigenvalue weighted by Crippen LogP contribution is 2.23. The molecular weight excluding hydrogens is 132 g/mol. The number of allylic oxidation sites excluding steroid dienone is 4. The molecule has 0 aromatic carbocycles. The lowest BCUT2D eigenvalue weighted by molar-refractivity contribution is 1.14. The van der Waals surface area contributed by atoms with Gasteiger partial charge in [0.1, 0.15) is 0 Å². The van der Waals surface area contributed by atoms with Crippen LogP contribution >= 0.6 is 0 Å². The summed E-state index contributed by atoms with van der Waals surface area (Å²) in [7, 11) is 0. The van der Waals surface area contributed by atoms with Gasteiger partial charge in [0.15, 0.2) is 0 Å². The van der Waals surface area contributed by atoms with Crippen molar-refractivity contribution in [2.24, 2.45) is 0 Å². The molecule has 60 valence electrons. The van der Waals surface area contributed by atoms with E-state index in [1.807, 2.05) is 0 Å². The molecule has 0 aliphatic heterocycles. The van der Waals surface area contributed by atoms with Crippen molar-refractivity contribution in [3.05, 3.63) is 22.8 Å². The maximum absolute atomic E-state index is 4.60. The van der Waals surface area contributed by atoms with Gasteiger partial charge in [0.05, 0.1) is 0 Å². The molecule has 0 N–H and O–H groups in total. The van der Waals surface area contributed by atoms with E-state index in [0.717, 1.165) is 0 Å². The zero-order valence-corrected chi connectivity index (χ0v) is 7.86. The second kappa shape index (κ2) is 4.79. The monoisotopic (exact) mass is 148 g/mol. The molecule has 0 saturated carbocycles. The average molecular weight is 148 g/mol. The number of rotatable bonds is 0. The Morgan fingerprint density at radius 3 is 1.91 bits per heavy atom. The molecule has 0 heteroatoms. The molecule has 0 aromatic heterocycles. The lowest BCUT2D eigenvalue weighted by Gasteiger charge is -1.90. The fraction of sp³-hybridized carbons (Fsp3) is 0.455. The third kappa shape index (κ3) is 3.68. The van der Waals surface area contributed by atoms with Crippen LogP contribution in [0.3, 0.4) is 0 Å². The normalized spacial score (nSPS) is 15.0. The molecule has 0 bridgehead atoms. The Kier molecular flexibility index (Phi) is 4.38. The molecule has 0 fully saturated rings. The largest absolute Gasteiger partial charge is 0.120 e. The summed E-state index contributed by atoms with van der Waals surface area (Å²) in [6.45, 7) is 8.20. The SMILES string of the molecule is C#CC.CC1=CC(C)=C(C)C1. The molecule has 0 atom stereocenters. The van der Waals surface area contributed by atoms with Crippen LogP contribution in [0.15, 0.2) is 22.8 Å². The van der Waals surface area contributed by atoms with Crippen molar-refractivity contribution in [2.45, 2.75) is 34.1 Å². The molecule has 0 unspecified atom stereocenters. The van der Waals surface area contributed by atoms with E-state index < -0.39 is 0 Å². The van der Waals surface area contributed by atoms with Crippen LogP contribution in [0.25, 0.3) is 0 Å². The van der Waals surface area contributed by atoms with Crippen molar-refractivity contribution in [3.8, 4) is 12.3 Å². The fourth-order valence-electron chi connectivity index (χ4n) is 1.10. The Morgan fingerprint density at radius 2 is 1.82 bits per heavy atom. The minimum atomic E-state index is 1.20. The first kappa shape index (κ1) is 10.0. The summed E-state index contributed by atoms with van der Waals surface area (Å²) in [4.78, 5) is 0. The standard InChI is InChI=1S/C8H12.C3H4/c1-6-4-7(2)8(3)5-6;1-3-2/h4H,5H2,1-3H3;1H,2H3. The van der Waals surface area contributed by atoms with Gasteiger partial charge in [-0.3, -0.25) is 0 Å². The summed E-state index contributed by atoms with van der Waals surface area (Å²) in [5, 5.41) is 0. The van der Waals surface area contributed by atoms with Crippen LogP contribution in [0.2, 0.25) is 0 Å². The van der Waals surface area contributed by atoms with Crippen LogP contribution in [0.1, 0.15) is 34.1 Å². The summed E-state index contributed by atoms with van der Waals surface area (Å²) in [6.07, 6.45) is 8.06. The first-order valence-electron chi connectivity index (χ1n) is 3.82. The molecule has 11 heavy (non-hydrogen) atoms. The second-order valence-electron chi connectivity index (χ2n) is 2.92. The first-order chi connectivity index (χ1) is 5.11. The predicted octanol–water partition coefficient (Wildman–Crippen LogP) is 3.31. The van der Waals surface area contributed by atoms with Gasteiger partial charge in [-0.15, -0.1) is 12.3 Å². The first-order valence-corrected chi connectivity index (χ1v) is 3.82. The highest BCUT2D eigenvalue weighted by atomic mass is 14.1.